The molecule has 2 heterocycles. The van der Waals surface area contributed by atoms with E-state index in [0.29, 0.717) is 0 Å². The second kappa shape index (κ2) is 7.08. The fourth-order valence-corrected chi connectivity index (χ4v) is 3.78. The summed E-state index contributed by atoms with van der Waals surface area (Å²) in [6.07, 6.45) is 10.8. The molecule has 0 aromatic heterocycles. The number of ether oxygens (including phenoxy) is 1. The fourth-order valence-electron chi connectivity index (χ4n) is 3.78. The van der Waals surface area contributed by atoms with Gasteiger partial charge in [-0.1, -0.05) is 26.2 Å². The van der Waals surface area contributed by atoms with Gasteiger partial charge >= 0.3 is 0 Å². The number of rotatable bonds is 6. The molecule has 2 aliphatic heterocycles. The van der Waals surface area contributed by atoms with E-state index in [1.165, 1.54) is 64.5 Å². The number of hydrogen-bond donors (Lipinski definition) is 0. The summed E-state index contributed by atoms with van der Waals surface area (Å²) in [6.45, 7) is 10.4. The minimum Gasteiger partial charge on any atom is -0.375 e. The zero-order valence-electron chi connectivity index (χ0n) is 13.3. The van der Waals surface area contributed by atoms with Gasteiger partial charge in [-0.3, -0.25) is 0 Å². The molecular weight excluding hydrogens is 234 g/mol. The maximum absolute atomic E-state index is 6.29. The van der Waals surface area contributed by atoms with Crippen LogP contribution in [0, 0.1) is 5.92 Å². The summed E-state index contributed by atoms with van der Waals surface area (Å²) >= 11 is 0. The molecule has 0 spiro atoms. The third-order valence-electron chi connectivity index (χ3n) is 5.05. The molecule has 0 bridgehead atoms. The van der Waals surface area contributed by atoms with Crippen LogP contribution >= 0.6 is 0 Å². The van der Waals surface area contributed by atoms with Crippen LogP contribution < -0.4 is 0 Å². The molecule has 2 heteroatoms. The maximum Gasteiger partial charge on any atom is 0.0626 e. The predicted molar refractivity (Wildman–Crippen MR) is 81.5 cm³/mol. The molecule has 19 heavy (non-hydrogen) atoms. The van der Waals surface area contributed by atoms with E-state index in [2.05, 4.69) is 25.7 Å². The molecule has 2 aliphatic rings. The van der Waals surface area contributed by atoms with E-state index < -0.39 is 0 Å². The van der Waals surface area contributed by atoms with Gasteiger partial charge in [0.1, 0.15) is 0 Å². The van der Waals surface area contributed by atoms with Crippen molar-refractivity contribution in [3.05, 3.63) is 0 Å². The van der Waals surface area contributed by atoms with Gasteiger partial charge in [-0.05, 0) is 65.0 Å². The highest BCUT2D eigenvalue weighted by atomic mass is 16.5. The largest absolute Gasteiger partial charge is 0.375 e. The summed E-state index contributed by atoms with van der Waals surface area (Å²) in [5.74, 6) is 0.787. The quantitative estimate of drug-likeness (QED) is 0.714. The number of fused-ring (bicyclic) bond motifs is 1. The first-order chi connectivity index (χ1) is 9.12. The summed E-state index contributed by atoms with van der Waals surface area (Å²) in [5, 5.41) is 0. The van der Waals surface area contributed by atoms with Gasteiger partial charge in [0.05, 0.1) is 12.2 Å². The van der Waals surface area contributed by atoms with Crippen molar-refractivity contribution in [2.45, 2.75) is 83.8 Å². The lowest BCUT2D eigenvalue weighted by Gasteiger charge is -2.45. The third kappa shape index (κ3) is 4.46. The van der Waals surface area contributed by atoms with Gasteiger partial charge in [0, 0.05) is 6.04 Å². The Kier molecular flexibility index (Phi) is 5.70. The zero-order chi connectivity index (χ0) is 13.7. The second-order valence-electron chi connectivity index (χ2n) is 7.18. The highest BCUT2D eigenvalue weighted by molar-refractivity contribution is 4.87. The molecule has 0 N–H and O–H groups in total. The molecule has 0 amide bonds. The minimum atomic E-state index is 0.0763. The summed E-state index contributed by atoms with van der Waals surface area (Å²) in [4.78, 5) is 2.74. The van der Waals surface area contributed by atoms with Gasteiger partial charge in [-0.25, -0.2) is 0 Å². The molecule has 2 saturated heterocycles. The van der Waals surface area contributed by atoms with Crippen LogP contribution in [0.2, 0.25) is 0 Å². The summed E-state index contributed by atoms with van der Waals surface area (Å²) in [7, 11) is 0. The molecule has 0 radical (unpaired) electrons. The van der Waals surface area contributed by atoms with E-state index in [0.717, 1.165) is 18.6 Å². The predicted octanol–water partition coefficient (Wildman–Crippen LogP) is 4.24. The zero-order valence-corrected chi connectivity index (χ0v) is 13.3. The van der Waals surface area contributed by atoms with E-state index in [9.17, 15) is 0 Å². The summed E-state index contributed by atoms with van der Waals surface area (Å²) < 4.78 is 6.29. The van der Waals surface area contributed by atoms with E-state index in [4.69, 9.17) is 4.74 Å². The number of hydrogen-bond acceptors (Lipinski definition) is 2. The topological polar surface area (TPSA) is 12.5 Å². The standard InChI is InChI=1S/C17H33NO/c1-4-5-11-17(2,3)19-14-15-9-8-13-18-12-7-6-10-16(15)18/h15-16H,4-14H2,1-3H3/t15-,16-/m1/s1. The molecule has 0 aliphatic carbocycles. The molecule has 0 aromatic carbocycles. The van der Waals surface area contributed by atoms with Crippen molar-refractivity contribution < 1.29 is 4.74 Å². The molecule has 2 rings (SSSR count). The van der Waals surface area contributed by atoms with Crippen LogP contribution in [-0.2, 0) is 4.74 Å². The van der Waals surface area contributed by atoms with Crippen LogP contribution in [0.25, 0.3) is 0 Å². The van der Waals surface area contributed by atoms with Gasteiger partial charge in [-0.15, -0.1) is 0 Å². The SMILES string of the molecule is CCCCC(C)(C)OC[C@H]1CCCN2CCCC[C@H]12. The first-order valence-electron chi connectivity index (χ1n) is 8.50. The van der Waals surface area contributed by atoms with E-state index in [1.54, 1.807) is 0 Å². The number of nitrogens with zero attached hydrogens (tertiary/aromatic N) is 1. The smallest absolute Gasteiger partial charge is 0.0626 e. The Morgan fingerprint density at radius 2 is 1.89 bits per heavy atom. The maximum atomic E-state index is 6.29. The lowest BCUT2D eigenvalue weighted by Crippen LogP contribution is -2.49. The molecule has 0 unspecified atom stereocenters. The van der Waals surface area contributed by atoms with E-state index in [-0.39, 0.29) is 5.60 Å². The second-order valence-corrected chi connectivity index (χ2v) is 7.18. The van der Waals surface area contributed by atoms with Crippen LogP contribution in [-0.4, -0.2) is 36.2 Å². The van der Waals surface area contributed by atoms with Crippen molar-refractivity contribution in [2.75, 3.05) is 19.7 Å². The van der Waals surface area contributed by atoms with Crippen LogP contribution in [0.5, 0.6) is 0 Å². The van der Waals surface area contributed by atoms with E-state index in [1.807, 2.05) is 0 Å². The van der Waals surface area contributed by atoms with Crippen molar-refractivity contribution in [2.24, 2.45) is 5.92 Å². The molecule has 2 atom stereocenters. The van der Waals surface area contributed by atoms with Gasteiger partial charge in [0.2, 0.25) is 0 Å². The van der Waals surface area contributed by atoms with Crippen molar-refractivity contribution in [3.8, 4) is 0 Å². The van der Waals surface area contributed by atoms with Gasteiger partial charge in [-0.2, -0.15) is 0 Å². The fraction of sp³-hybridized carbons (Fsp3) is 1.00. The average molecular weight is 267 g/mol. The van der Waals surface area contributed by atoms with Gasteiger partial charge < -0.3 is 9.64 Å². The van der Waals surface area contributed by atoms with Crippen LogP contribution in [0.4, 0.5) is 0 Å². The Morgan fingerprint density at radius 1 is 1.11 bits per heavy atom. The first-order valence-corrected chi connectivity index (χ1v) is 8.50. The van der Waals surface area contributed by atoms with Crippen LogP contribution in [0.1, 0.15) is 72.1 Å². The summed E-state index contributed by atoms with van der Waals surface area (Å²) in [5.41, 5.74) is 0.0763. The number of unbranched alkanes of at least 4 members (excludes halogenated alkanes) is 1. The summed E-state index contributed by atoms with van der Waals surface area (Å²) in [6, 6.07) is 0.824. The monoisotopic (exact) mass is 267 g/mol. The average Bonchev–Trinajstić information content (AvgIpc) is 2.43. The Labute approximate surface area is 119 Å². The normalized spacial score (nSPS) is 29.2. The highest BCUT2D eigenvalue weighted by Gasteiger charge is 2.34. The Bertz CT molecular complexity index is 262. The van der Waals surface area contributed by atoms with Gasteiger partial charge in [0.15, 0.2) is 0 Å². The minimum absolute atomic E-state index is 0.0763. The Hall–Kier alpha value is -0.0800. The third-order valence-corrected chi connectivity index (χ3v) is 5.05. The molecule has 112 valence electrons. The van der Waals surface area contributed by atoms with Crippen molar-refractivity contribution in [3.63, 3.8) is 0 Å². The lowest BCUT2D eigenvalue weighted by molar-refractivity contribution is -0.0699. The molecule has 0 aromatic rings. The van der Waals surface area contributed by atoms with Crippen molar-refractivity contribution >= 4 is 0 Å². The van der Waals surface area contributed by atoms with Crippen molar-refractivity contribution in [1.82, 2.24) is 4.90 Å². The highest BCUT2D eigenvalue weighted by Crippen LogP contribution is 2.32. The Balaban J connectivity index is 1.80. The van der Waals surface area contributed by atoms with Crippen LogP contribution in [0.15, 0.2) is 0 Å². The molecule has 2 nitrogen and oxygen atoms in total. The molecule has 0 saturated carbocycles. The lowest BCUT2D eigenvalue weighted by atomic mass is 9.84. The Morgan fingerprint density at radius 3 is 2.68 bits per heavy atom. The van der Waals surface area contributed by atoms with Gasteiger partial charge in [0.25, 0.3) is 0 Å². The van der Waals surface area contributed by atoms with Crippen molar-refractivity contribution in [1.29, 1.82) is 0 Å². The molecular formula is C17H33NO. The molecule has 2 fully saturated rings. The van der Waals surface area contributed by atoms with E-state index >= 15 is 0 Å². The van der Waals surface area contributed by atoms with Crippen LogP contribution in [0.3, 0.4) is 0 Å². The first kappa shape index (κ1) is 15.3. The number of piperidine rings is 2.